The molecular weight excluding hydrogens is 292 g/mol. The Morgan fingerprint density at radius 1 is 1.50 bits per heavy atom. The lowest BCUT2D eigenvalue weighted by Crippen LogP contribution is -2.36. The smallest absolute Gasteiger partial charge is 0.317 e. The van der Waals surface area contributed by atoms with Crippen LogP contribution in [0.3, 0.4) is 0 Å². The summed E-state index contributed by atoms with van der Waals surface area (Å²) < 4.78 is 0. The third kappa shape index (κ3) is 3.77. The van der Waals surface area contributed by atoms with Crippen LogP contribution in [-0.4, -0.2) is 27.9 Å². The van der Waals surface area contributed by atoms with Crippen molar-refractivity contribution in [3.05, 3.63) is 32.2 Å². The van der Waals surface area contributed by atoms with Crippen LogP contribution in [0.4, 0.5) is 4.79 Å². The summed E-state index contributed by atoms with van der Waals surface area (Å²) >= 11 is 3.20. The monoisotopic (exact) mass is 310 g/mol. The minimum Gasteiger partial charge on any atom is -0.333 e. The Balaban J connectivity index is 1.88. The standard InChI is InChI=1S/C13H18N4OS2/c1-4-10-11(20-9(2)16-10)7-15-13(18)17(3)8-12-14-5-6-19-12/h5-6H,4,7-8H2,1-3H3,(H,15,18). The number of carbonyl (C=O) groups excluding carboxylic acids is 1. The van der Waals surface area contributed by atoms with Crippen LogP contribution in [0.25, 0.3) is 0 Å². The zero-order chi connectivity index (χ0) is 14.5. The molecule has 0 aliphatic rings. The van der Waals surface area contributed by atoms with Gasteiger partial charge in [0, 0.05) is 23.5 Å². The van der Waals surface area contributed by atoms with Gasteiger partial charge in [0.2, 0.25) is 0 Å². The molecule has 0 bridgehead atoms. The normalized spacial score (nSPS) is 10.6. The molecule has 0 radical (unpaired) electrons. The highest BCUT2D eigenvalue weighted by Crippen LogP contribution is 2.18. The quantitative estimate of drug-likeness (QED) is 0.924. The summed E-state index contributed by atoms with van der Waals surface area (Å²) in [6.45, 7) is 5.14. The third-order valence-electron chi connectivity index (χ3n) is 2.82. The number of urea groups is 1. The molecule has 0 atom stereocenters. The lowest BCUT2D eigenvalue weighted by Gasteiger charge is -2.16. The van der Waals surface area contributed by atoms with Gasteiger partial charge in [-0.3, -0.25) is 0 Å². The van der Waals surface area contributed by atoms with E-state index in [9.17, 15) is 4.79 Å². The molecule has 2 amide bonds. The molecule has 7 heteroatoms. The third-order valence-corrected chi connectivity index (χ3v) is 4.60. The second-order valence-corrected chi connectivity index (χ2v) is 6.66. The van der Waals surface area contributed by atoms with E-state index in [4.69, 9.17) is 0 Å². The number of hydrogen-bond acceptors (Lipinski definition) is 5. The van der Waals surface area contributed by atoms with Crippen LogP contribution in [-0.2, 0) is 19.5 Å². The Morgan fingerprint density at radius 3 is 2.95 bits per heavy atom. The van der Waals surface area contributed by atoms with Gasteiger partial charge >= 0.3 is 6.03 Å². The molecule has 0 spiro atoms. The predicted molar refractivity (Wildman–Crippen MR) is 82.0 cm³/mol. The maximum absolute atomic E-state index is 12.0. The molecule has 20 heavy (non-hydrogen) atoms. The highest BCUT2D eigenvalue weighted by Gasteiger charge is 2.12. The molecule has 0 fully saturated rings. The van der Waals surface area contributed by atoms with Crippen LogP contribution in [0.1, 0.15) is 27.5 Å². The van der Waals surface area contributed by atoms with Gasteiger partial charge < -0.3 is 10.2 Å². The maximum atomic E-state index is 12.0. The van der Waals surface area contributed by atoms with Gasteiger partial charge in [-0.2, -0.15) is 0 Å². The van der Waals surface area contributed by atoms with Crippen LogP contribution in [0.5, 0.6) is 0 Å². The van der Waals surface area contributed by atoms with Crippen molar-refractivity contribution in [3.63, 3.8) is 0 Å². The van der Waals surface area contributed by atoms with Gasteiger partial charge in [0.15, 0.2) is 0 Å². The topological polar surface area (TPSA) is 58.1 Å². The Hall–Kier alpha value is -1.47. The summed E-state index contributed by atoms with van der Waals surface area (Å²) in [5.41, 5.74) is 1.08. The molecular formula is C13H18N4OS2. The van der Waals surface area contributed by atoms with Crippen molar-refractivity contribution >= 4 is 28.7 Å². The highest BCUT2D eigenvalue weighted by atomic mass is 32.1. The number of carbonyl (C=O) groups is 1. The van der Waals surface area contributed by atoms with Gasteiger partial charge in [0.05, 0.1) is 23.8 Å². The zero-order valence-corrected chi connectivity index (χ0v) is 13.5. The van der Waals surface area contributed by atoms with Crippen LogP contribution in [0.2, 0.25) is 0 Å². The lowest BCUT2D eigenvalue weighted by atomic mass is 10.3. The van der Waals surface area contributed by atoms with E-state index < -0.39 is 0 Å². The number of aryl methyl sites for hydroxylation is 2. The fourth-order valence-electron chi connectivity index (χ4n) is 1.82. The van der Waals surface area contributed by atoms with Gasteiger partial charge in [0.25, 0.3) is 0 Å². The molecule has 2 rings (SSSR count). The number of hydrogen-bond donors (Lipinski definition) is 1. The minimum atomic E-state index is -0.0895. The number of nitrogens with zero attached hydrogens (tertiary/aromatic N) is 3. The molecule has 1 N–H and O–H groups in total. The molecule has 5 nitrogen and oxygen atoms in total. The molecule has 108 valence electrons. The van der Waals surface area contributed by atoms with E-state index >= 15 is 0 Å². The molecule has 0 aliphatic heterocycles. The number of aromatic nitrogens is 2. The SMILES string of the molecule is CCc1nc(C)sc1CNC(=O)N(C)Cc1nccs1. The van der Waals surface area contributed by atoms with E-state index in [1.165, 1.54) is 0 Å². The maximum Gasteiger partial charge on any atom is 0.317 e. The summed E-state index contributed by atoms with van der Waals surface area (Å²) in [6.07, 6.45) is 2.64. The van der Waals surface area contributed by atoms with Crippen molar-refractivity contribution in [2.24, 2.45) is 0 Å². The molecule has 2 aromatic rings. The van der Waals surface area contributed by atoms with E-state index in [-0.39, 0.29) is 6.03 Å². The minimum absolute atomic E-state index is 0.0895. The van der Waals surface area contributed by atoms with Crippen molar-refractivity contribution in [2.45, 2.75) is 33.4 Å². The number of nitrogens with one attached hydrogen (secondary N) is 1. The Labute approximate surface area is 126 Å². The van der Waals surface area contributed by atoms with Crippen molar-refractivity contribution in [1.29, 1.82) is 0 Å². The van der Waals surface area contributed by atoms with Gasteiger partial charge in [-0.25, -0.2) is 14.8 Å². The number of amides is 2. The zero-order valence-electron chi connectivity index (χ0n) is 11.8. The Kier molecular flexibility index (Phi) is 5.08. The molecule has 0 aromatic carbocycles. The molecule has 0 saturated heterocycles. The first-order chi connectivity index (χ1) is 9.60. The van der Waals surface area contributed by atoms with E-state index in [1.54, 1.807) is 40.8 Å². The van der Waals surface area contributed by atoms with E-state index in [0.29, 0.717) is 13.1 Å². The van der Waals surface area contributed by atoms with Gasteiger partial charge in [-0.05, 0) is 13.3 Å². The highest BCUT2D eigenvalue weighted by molar-refractivity contribution is 7.11. The fraction of sp³-hybridized carbons (Fsp3) is 0.462. The largest absolute Gasteiger partial charge is 0.333 e. The fourth-order valence-corrected chi connectivity index (χ4v) is 3.46. The molecule has 0 saturated carbocycles. The number of thiazole rings is 2. The second kappa shape index (κ2) is 6.81. The van der Waals surface area contributed by atoms with Crippen molar-refractivity contribution in [2.75, 3.05) is 7.05 Å². The average molecular weight is 310 g/mol. The Bertz CT molecular complexity index is 565. The summed E-state index contributed by atoms with van der Waals surface area (Å²) in [5, 5.41) is 6.82. The first kappa shape index (κ1) is 14.9. The summed E-state index contributed by atoms with van der Waals surface area (Å²) in [6, 6.07) is -0.0895. The summed E-state index contributed by atoms with van der Waals surface area (Å²) in [4.78, 5) is 23.4. The van der Waals surface area contributed by atoms with Crippen molar-refractivity contribution < 1.29 is 4.79 Å². The summed E-state index contributed by atoms with van der Waals surface area (Å²) in [5.74, 6) is 0. The van der Waals surface area contributed by atoms with Gasteiger partial charge in [-0.1, -0.05) is 6.92 Å². The predicted octanol–water partition coefficient (Wildman–Crippen LogP) is 2.81. The molecule has 2 aromatic heterocycles. The van der Waals surface area contributed by atoms with E-state index in [0.717, 1.165) is 27.0 Å². The van der Waals surface area contributed by atoms with Crippen LogP contribution < -0.4 is 5.32 Å². The van der Waals surface area contributed by atoms with Crippen LogP contribution >= 0.6 is 22.7 Å². The molecule has 0 aliphatic carbocycles. The van der Waals surface area contributed by atoms with Gasteiger partial charge in [0.1, 0.15) is 5.01 Å². The van der Waals surface area contributed by atoms with Crippen LogP contribution in [0, 0.1) is 6.92 Å². The first-order valence-electron chi connectivity index (χ1n) is 6.42. The Morgan fingerprint density at radius 2 is 2.30 bits per heavy atom. The van der Waals surface area contributed by atoms with Crippen molar-refractivity contribution in [1.82, 2.24) is 20.2 Å². The van der Waals surface area contributed by atoms with E-state index in [1.807, 2.05) is 12.3 Å². The van der Waals surface area contributed by atoms with Crippen molar-refractivity contribution in [3.8, 4) is 0 Å². The van der Waals surface area contributed by atoms with Gasteiger partial charge in [-0.15, -0.1) is 22.7 Å². The molecule has 0 unspecified atom stereocenters. The van der Waals surface area contributed by atoms with E-state index in [2.05, 4.69) is 22.2 Å². The molecule has 2 heterocycles. The lowest BCUT2D eigenvalue weighted by molar-refractivity contribution is 0.206. The second-order valence-electron chi connectivity index (χ2n) is 4.40. The van der Waals surface area contributed by atoms with Crippen LogP contribution in [0.15, 0.2) is 11.6 Å². The first-order valence-corrected chi connectivity index (χ1v) is 8.12. The summed E-state index contributed by atoms with van der Waals surface area (Å²) in [7, 11) is 1.77. The average Bonchev–Trinajstić information content (AvgIpc) is 3.05. The number of rotatable bonds is 5.